The third kappa shape index (κ3) is 2.05. The van der Waals surface area contributed by atoms with Crippen LogP contribution in [0.2, 0.25) is 0 Å². The van der Waals surface area contributed by atoms with Crippen LogP contribution in [0.1, 0.15) is 45.4 Å². The van der Waals surface area contributed by atoms with Crippen LogP contribution in [0, 0.1) is 5.92 Å². The molecule has 4 heteroatoms. The molecule has 0 aromatic rings. The topological polar surface area (TPSA) is 41.6 Å². The molecule has 2 saturated carbocycles. The quantitative estimate of drug-likeness (QED) is 0.754. The fourth-order valence-electron chi connectivity index (χ4n) is 3.50. The first-order valence-corrected chi connectivity index (χ1v) is 7.43. The molecule has 1 N–H and O–H groups in total. The van der Waals surface area contributed by atoms with Gasteiger partial charge >= 0.3 is 0 Å². The molecule has 1 atom stereocenters. The minimum Gasteiger partial charge on any atom is -0.380 e. The number of rotatable bonds is 5. The first-order valence-electron chi connectivity index (χ1n) is 7.43. The van der Waals surface area contributed by atoms with Crippen LogP contribution in [0.5, 0.6) is 0 Å². The molecule has 0 aromatic heterocycles. The largest absolute Gasteiger partial charge is 0.380 e. The SMILES string of the molecule is CCOCCN1C(=O)C2(CC2)NC1C1CCCC1. The van der Waals surface area contributed by atoms with Crippen molar-refractivity contribution in [2.45, 2.75) is 57.2 Å². The van der Waals surface area contributed by atoms with Gasteiger partial charge in [0, 0.05) is 13.2 Å². The van der Waals surface area contributed by atoms with Crippen molar-refractivity contribution in [3.05, 3.63) is 0 Å². The van der Waals surface area contributed by atoms with Gasteiger partial charge < -0.3 is 9.64 Å². The van der Waals surface area contributed by atoms with Crippen LogP contribution in [0.4, 0.5) is 0 Å². The van der Waals surface area contributed by atoms with Crippen LogP contribution in [0.25, 0.3) is 0 Å². The number of hydrogen-bond donors (Lipinski definition) is 1. The van der Waals surface area contributed by atoms with Crippen molar-refractivity contribution in [2.24, 2.45) is 5.92 Å². The van der Waals surface area contributed by atoms with Gasteiger partial charge in [0.1, 0.15) is 0 Å². The van der Waals surface area contributed by atoms with E-state index >= 15 is 0 Å². The second-order valence-corrected chi connectivity index (χ2v) is 5.91. The van der Waals surface area contributed by atoms with E-state index in [9.17, 15) is 4.79 Å². The first kappa shape index (κ1) is 12.4. The maximum Gasteiger partial charge on any atom is 0.244 e. The lowest BCUT2D eigenvalue weighted by Gasteiger charge is -2.28. The Morgan fingerprint density at radius 2 is 2.11 bits per heavy atom. The maximum absolute atomic E-state index is 12.5. The molecule has 0 bridgehead atoms. The molecule has 2 aliphatic carbocycles. The van der Waals surface area contributed by atoms with E-state index in [2.05, 4.69) is 10.2 Å². The number of nitrogens with zero attached hydrogens (tertiary/aromatic N) is 1. The molecule has 1 aliphatic heterocycles. The van der Waals surface area contributed by atoms with Gasteiger partial charge in [-0.05, 0) is 38.5 Å². The Morgan fingerprint density at radius 3 is 2.72 bits per heavy atom. The molecule has 3 rings (SSSR count). The smallest absolute Gasteiger partial charge is 0.244 e. The highest BCUT2D eigenvalue weighted by molar-refractivity contribution is 5.91. The third-order valence-corrected chi connectivity index (χ3v) is 4.71. The number of ether oxygens (including phenoxy) is 1. The van der Waals surface area contributed by atoms with E-state index < -0.39 is 0 Å². The molecule has 18 heavy (non-hydrogen) atoms. The van der Waals surface area contributed by atoms with Crippen LogP contribution in [-0.2, 0) is 9.53 Å². The summed E-state index contributed by atoms with van der Waals surface area (Å²) in [5.41, 5.74) is -0.167. The molecular weight excluding hydrogens is 228 g/mol. The Morgan fingerprint density at radius 1 is 1.39 bits per heavy atom. The average molecular weight is 252 g/mol. The summed E-state index contributed by atoms with van der Waals surface area (Å²) in [4.78, 5) is 14.5. The number of nitrogens with one attached hydrogen (secondary N) is 1. The molecule has 1 amide bonds. The zero-order valence-electron chi connectivity index (χ0n) is 11.3. The summed E-state index contributed by atoms with van der Waals surface area (Å²) in [5.74, 6) is 0.995. The molecule has 3 fully saturated rings. The van der Waals surface area contributed by atoms with E-state index in [0.29, 0.717) is 18.4 Å². The summed E-state index contributed by atoms with van der Waals surface area (Å²) >= 11 is 0. The third-order valence-electron chi connectivity index (χ3n) is 4.71. The lowest BCUT2D eigenvalue weighted by molar-refractivity contribution is -0.132. The summed E-state index contributed by atoms with van der Waals surface area (Å²) < 4.78 is 5.42. The average Bonchev–Trinajstić information content (AvgIpc) is 2.85. The molecule has 3 aliphatic rings. The molecule has 1 spiro atoms. The summed E-state index contributed by atoms with van der Waals surface area (Å²) in [6.07, 6.45) is 7.52. The fourth-order valence-corrected chi connectivity index (χ4v) is 3.50. The molecule has 102 valence electrons. The Balaban J connectivity index is 1.67. The highest BCUT2D eigenvalue weighted by atomic mass is 16.5. The van der Waals surface area contributed by atoms with Crippen molar-refractivity contribution in [2.75, 3.05) is 19.8 Å². The van der Waals surface area contributed by atoms with Crippen molar-refractivity contribution < 1.29 is 9.53 Å². The summed E-state index contributed by atoms with van der Waals surface area (Å²) in [6.45, 7) is 4.15. The minimum atomic E-state index is -0.167. The van der Waals surface area contributed by atoms with Gasteiger partial charge in [-0.15, -0.1) is 0 Å². The van der Waals surface area contributed by atoms with Crippen molar-refractivity contribution in [1.29, 1.82) is 0 Å². The van der Waals surface area contributed by atoms with E-state index in [4.69, 9.17) is 4.74 Å². The van der Waals surface area contributed by atoms with Crippen LogP contribution in [0.3, 0.4) is 0 Å². The zero-order chi connectivity index (χ0) is 12.6. The lowest BCUT2D eigenvalue weighted by atomic mass is 10.0. The molecule has 1 heterocycles. The standard InChI is InChI=1S/C14H24N2O2/c1-2-18-10-9-16-12(11-5-3-4-6-11)15-14(7-8-14)13(16)17/h11-12,15H,2-10H2,1H3. The highest BCUT2D eigenvalue weighted by Crippen LogP contribution is 2.45. The predicted molar refractivity (Wildman–Crippen MR) is 69.1 cm³/mol. The molecule has 1 unspecified atom stereocenters. The normalized spacial score (nSPS) is 30.6. The first-order chi connectivity index (χ1) is 8.77. The van der Waals surface area contributed by atoms with E-state index in [1.807, 2.05) is 6.92 Å². The van der Waals surface area contributed by atoms with Crippen LogP contribution in [-0.4, -0.2) is 42.3 Å². The van der Waals surface area contributed by atoms with Gasteiger partial charge in [-0.2, -0.15) is 0 Å². The lowest BCUT2D eigenvalue weighted by Crippen LogP contribution is -2.44. The second-order valence-electron chi connectivity index (χ2n) is 5.91. The number of amides is 1. The van der Waals surface area contributed by atoms with Gasteiger partial charge in [-0.3, -0.25) is 10.1 Å². The fraction of sp³-hybridized carbons (Fsp3) is 0.929. The second kappa shape index (κ2) is 4.82. The monoisotopic (exact) mass is 252 g/mol. The summed E-state index contributed by atoms with van der Waals surface area (Å²) in [6, 6.07) is 0. The van der Waals surface area contributed by atoms with Gasteiger partial charge in [0.05, 0.1) is 18.3 Å². The van der Waals surface area contributed by atoms with Crippen LogP contribution >= 0.6 is 0 Å². The molecule has 1 saturated heterocycles. The van der Waals surface area contributed by atoms with Crippen LogP contribution < -0.4 is 5.32 Å². The van der Waals surface area contributed by atoms with Gasteiger partial charge in [0.2, 0.25) is 5.91 Å². The van der Waals surface area contributed by atoms with Crippen molar-refractivity contribution in [3.63, 3.8) is 0 Å². The zero-order valence-corrected chi connectivity index (χ0v) is 11.3. The molecule has 0 radical (unpaired) electrons. The van der Waals surface area contributed by atoms with Gasteiger partial charge in [0.25, 0.3) is 0 Å². The molecule has 4 nitrogen and oxygen atoms in total. The molecule has 0 aromatic carbocycles. The van der Waals surface area contributed by atoms with Crippen molar-refractivity contribution in [3.8, 4) is 0 Å². The van der Waals surface area contributed by atoms with E-state index in [1.165, 1.54) is 25.7 Å². The van der Waals surface area contributed by atoms with Gasteiger partial charge in [0.15, 0.2) is 0 Å². The van der Waals surface area contributed by atoms with E-state index in [-0.39, 0.29) is 11.7 Å². The Kier molecular flexibility index (Phi) is 3.32. The Bertz CT molecular complexity index is 322. The predicted octanol–water partition coefficient (Wildman–Crippen LogP) is 1.50. The molecular formula is C14H24N2O2. The van der Waals surface area contributed by atoms with Crippen LogP contribution in [0.15, 0.2) is 0 Å². The maximum atomic E-state index is 12.5. The van der Waals surface area contributed by atoms with Gasteiger partial charge in [-0.25, -0.2) is 0 Å². The Labute approximate surface area is 109 Å². The number of carbonyl (C=O) groups is 1. The highest BCUT2D eigenvalue weighted by Gasteiger charge is 2.60. The van der Waals surface area contributed by atoms with E-state index in [1.54, 1.807) is 0 Å². The Hall–Kier alpha value is -0.610. The minimum absolute atomic E-state index is 0.167. The summed E-state index contributed by atoms with van der Waals surface area (Å²) in [5, 5.41) is 3.63. The van der Waals surface area contributed by atoms with Crippen molar-refractivity contribution in [1.82, 2.24) is 10.2 Å². The number of hydrogen-bond acceptors (Lipinski definition) is 3. The van der Waals surface area contributed by atoms with Gasteiger partial charge in [-0.1, -0.05) is 12.8 Å². The van der Waals surface area contributed by atoms with E-state index in [0.717, 1.165) is 26.0 Å². The number of carbonyl (C=O) groups excluding carboxylic acids is 1. The summed E-state index contributed by atoms with van der Waals surface area (Å²) in [7, 11) is 0. The van der Waals surface area contributed by atoms with Crippen molar-refractivity contribution >= 4 is 5.91 Å².